The third-order valence-corrected chi connectivity index (χ3v) is 8.32. The second-order valence-corrected chi connectivity index (χ2v) is 11.9. The highest BCUT2D eigenvalue weighted by atomic mass is 32.2. The van der Waals surface area contributed by atoms with E-state index in [0.717, 1.165) is 15.4 Å². The van der Waals surface area contributed by atoms with Gasteiger partial charge in [0.05, 0.1) is 10.6 Å². The average Bonchev–Trinajstić information content (AvgIpc) is 2.94. The van der Waals surface area contributed by atoms with E-state index in [9.17, 15) is 18.0 Å². The summed E-state index contributed by atoms with van der Waals surface area (Å²) in [5.74, 6) is -0.409. The zero-order valence-corrected chi connectivity index (χ0v) is 24.0. The summed E-state index contributed by atoms with van der Waals surface area (Å²) in [6.07, 6.45) is 0.941. The van der Waals surface area contributed by atoms with E-state index in [1.807, 2.05) is 70.2 Å². The Morgan fingerprint density at radius 2 is 1.46 bits per heavy atom. The highest BCUT2D eigenvalue weighted by Crippen LogP contribution is 2.27. The van der Waals surface area contributed by atoms with Crippen LogP contribution in [0.4, 0.5) is 5.69 Å². The molecule has 0 saturated carbocycles. The largest absolute Gasteiger partial charge is 0.354 e. The number of aryl methyl sites for hydroxylation is 1. The van der Waals surface area contributed by atoms with Crippen molar-refractivity contribution in [1.82, 2.24) is 10.2 Å². The van der Waals surface area contributed by atoms with Gasteiger partial charge in [0, 0.05) is 13.1 Å². The van der Waals surface area contributed by atoms with Crippen LogP contribution in [0.1, 0.15) is 38.3 Å². The molecule has 1 atom stereocenters. The van der Waals surface area contributed by atoms with Crippen molar-refractivity contribution in [3.63, 3.8) is 0 Å². The summed E-state index contributed by atoms with van der Waals surface area (Å²) in [6, 6.07) is 24.2. The number of rotatable bonds is 13. The molecule has 0 aromatic heterocycles. The van der Waals surface area contributed by atoms with E-state index in [2.05, 4.69) is 5.32 Å². The van der Waals surface area contributed by atoms with E-state index in [-0.39, 0.29) is 23.3 Å². The first-order valence-electron chi connectivity index (χ1n) is 13.4. The Balaban J connectivity index is 1.99. The number of nitrogens with one attached hydrogen (secondary N) is 1. The fraction of sp³-hybridized carbons (Fsp3) is 0.355. The number of benzene rings is 3. The summed E-state index contributed by atoms with van der Waals surface area (Å²) in [4.78, 5) is 28.9. The molecule has 0 heterocycles. The first-order chi connectivity index (χ1) is 18.6. The fourth-order valence-electron chi connectivity index (χ4n) is 4.39. The van der Waals surface area contributed by atoms with Crippen molar-refractivity contribution in [2.24, 2.45) is 5.92 Å². The van der Waals surface area contributed by atoms with Crippen molar-refractivity contribution in [2.75, 3.05) is 23.9 Å². The molecule has 3 aromatic rings. The molecule has 1 N–H and O–H groups in total. The summed E-state index contributed by atoms with van der Waals surface area (Å²) < 4.78 is 28.9. The molecule has 2 amide bonds. The zero-order chi connectivity index (χ0) is 28.4. The number of sulfonamides is 1. The molecule has 3 rings (SSSR count). The predicted molar refractivity (Wildman–Crippen MR) is 156 cm³/mol. The Labute approximate surface area is 232 Å². The Morgan fingerprint density at radius 3 is 2.05 bits per heavy atom. The molecule has 0 aliphatic heterocycles. The van der Waals surface area contributed by atoms with E-state index in [0.29, 0.717) is 25.1 Å². The van der Waals surface area contributed by atoms with Gasteiger partial charge < -0.3 is 10.2 Å². The van der Waals surface area contributed by atoms with E-state index in [4.69, 9.17) is 0 Å². The number of para-hydroxylation sites is 1. The lowest BCUT2D eigenvalue weighted by Gasteiger charge is -2.33. The molecule has 7 nitrogen and oxygen atoms in total. The Morgan fingerprint density at radius 1 is 0.872 bits per heavy atom. The number of anilines is 1. The number of nitrogens with zero attached hydrogens (tertiary/aromatic N) is 2. The van der Waals surface area contributed by atoms with E-state index < -0.39 is 28.5 Å². The zero-order valence-electron chi connectivity index (χ0n) is 23.2. The van der Waals surface area contributed by atoms with Crippen molar-refractivity contribution < 1.29 is 18.0 Å². The summed E-state index contributed by atoms with van der Waals surface area (Å²) in [7, 11) is -4.06. The predicted octanol–water partition coefficient (Wildman–Crippen LogP) is 4.81. The summed E-state index contributed by atoms with van der Waals surface area (Å²) in [5, 5.41) is 2.95. The minimum Gasteiger partial charge on any atom is -0.354 e. The SMILES string of the molecule is CCC(C(=O)NCC(C)C)N(CCc1ccccc1)C(=O)CN(c1ccccc1C)S(=O)(=O)c1ccccc1. The standard InChI is InChI=1S/C31H39N3O4S/c1-5-28(31(36)32-22-24(2)3)33(21-20-26-15-8-6-9-16-26)30(35)23-34(29-19-13-12-14-25(29)4)39(37,38)27-17-10-7-11-18-27/h6-19,24,28H,5,20-23H2,1-4H3,(H,32,36). The molecule has 0 aliphatic carbocycles. The molecule has 0 aliphatic rings. The van der Waals surface area contributed by atoms with Crippen LogP contribution in [-0.2, 0) is 26.0 Å². The lowest BCUT2D eigenvalue weighted by Crippen LogP contribution is -2.53. The molecular weight excluding hydrogens is 510 g/mol. The van der Waals surface area contributed by atoms with Crippen LogP contribution >= 0.6 is 0 Å². The number of amides is 2. The molecule has 39 heavy (non-hydrogen) atoms. The van der Waals surface area contributed by atoms with Crippen molar-refractivity contribution >= 4 is 27.5 Å². The molecule has 0 fully saturated rings. The van der Waals surface area contributed by atoms with Crippen LogP contribution < -0.4 is 9.62 Å². The van der Waals surface area contributed by atoms with Gasteiger partial charge in [0.15, 0.2) is 0 Å². The van der Waals surface area contributed by atoms with Gasteiger partial charge in [-0.25, -0.2) is 8.42 Å². The van der Waals surface area contributed by atoms with Crippen LogP contribution in [0, 0.1) is 12.8 Å². The Bertz CT molecular complexity index is 1330. The average molecular weight is 550 g/mol. The molecule has 3 aromatic carbocycles. The number of carbonyl (C=O) groups is 2. The molecule has 8 heteroatoms. The van der Waals surface area contributed by atoms with E-state index in [1.54, 1.807) is 30.3 Å². The molecule has 0 spiro atoms. The first-order valence-corrected chi connectivity index (χ1v) is 14.8. The van der Waals surface area contributed by atoms with Gasteiger partial charge in [-0.3, -0.25) is 13.9 Å². The maximum atomic E-state index is 14.0. The smallest absolute Gasteiger partial charge is 0.264 e. The van der Waals surface area contributed by atoms with E-state index in [1.165, 1.54) is 17.0 Å². The maximum Gasteiger partial charge on any atom is 0.264 e. The minimum absolute atomic E-state index is 0.0959. The van der Waals surface area contributed by atoms with Crippen LogP contribution in [0.15, 0.2) is 89.8 Å². The van der Waals surface area contributed by atoms with E-state index >= 15 is 0 Å². The summed E-state index contributed by atoms with van der Waals surface area (Å²) >= 11 is 0. The summed E-state index contributed by atoms with van der Waals surface area (Å²) in [6.45, 7) is 8.04. The molecule has 0 bridgehead atoms. The van der Waals surface area contributed by atoms with Crippen LogP contribution in [-0.4, -0.2) is 50.8 Å². The third-order valence-electron chi connectivity index (χ3n) is 6.55. The third kappa shape index (κ3) is 7.93. The van der Waals surface area contributed by atoms with Crippen LogP contribution in [0.3, 0.4) is 0 Å². The molecule has 0 radical (unpaired) electrons. The lowest BCUT2D eigenvalue weighted by atomic mass is 10.1. The van der Waals surface area contributed by atoms with Gasteiger partial charge in [-0.05, 0) is 55.0 Å². The number of hydrogen-bond acceptors (Lipinski definition) is 4. The Kier molecular flexibility index (Phi) is 10.7. The second kappa shape index (κ2) is 13.9. The van der Waals surface area contributed by atoms with Gasteiger partial charge in [-0.15, -0.1) is 0 Å². The second-order valence-electron chi connectivity index (χ2n) is 10.00. The normalized spacial score (nSPS) is 12.1. The van der Waals surface area contributed by atoms with Gasteiger partial charge in [0.2, 0.25) is 11.8 Å². The van der Waals surface area contributed by atoms with Gasteiger partial charge in [-0.1, -0.05) is 87.5 Å². The number of carbonyl (C=O) groups excluding carboxylic acids is 2. The van der Waals surface area contributed by atoms with Crippen molar-refractivity contribution in [3.05, 3.63) is 96.1 Å². The van der Waals surface area contributed by atoms with Gasteiger partial charge in [-0.2, -0.15) is 0 Å². The molecule has 0 saturated heterocycles. The van der Waals surface area contributed by atoms with Gasteiger partial charge in [0.1, 0.15) is 12.6 Å². The van der Waals surface area contributed by atoms with Gasteiger partial charge >= 0.3 is 0 Å². The summed E-state index contributed by atoms with van der Waals surface area (Å²) in [5.41, 5.74) is 2.18. The van der Waals surface area contributed by atoms with Crippen LogP contribution in [0.25, 0.3) is 0 Å². The highest BCUT2D eigenvalue weighted by Gasteiger charge is 2.33. The van der Waals surface area contributed by atoms with Crippen molar-refractivity contribution in [2.45, 2.75) is 51.5 Å². The monoisotopic (exact) mass is 549 g/mol. The van der Waals surface area contributed by atoms with Crippen molar-refractivity contribution in [1.29, 1.82) is 0 Å². The first kappa shape index (κ1) is 29.9. The van der Waals surface area contributed by atoms with Crippen LogP contribution in [0.5, 0.6) is 0 Å². The maximum absolute atomic E-state index is 14.0. The van der Waals surface area contributed by atoms with Crippen molar-refractivity contribution in [3.8, 4) is 0 Å². The van der Waals surface area contributed by atoms with Gasteiger partial charge in [0.25, 0.3) is 10.0 Å². The van der Waals surface area contributed by atoms with Crippen LogP contribution in [0.2, 0.25) is 0 Å². The number of hydrogen-bond donors (Lipinski definition) is 1. The molecule has 208 valence electrons. The topological polar surface area (TPSA) is 86.8 Å². The fourth-order valence-corrected chi connectivity index (χ4v) is 5.89. The quantitative estimate of drug-likeness (QED) is 0.331. The minimum atomic E-state index is -4.06. The Hall–Kier alpha value is -3.65. The highest BCUT2D eigenvalue weighted by molar-refractivity contribution is 7.92. The lowest BCUT2D eigenvalue weighted by molar-refractivity contribution is -0.139. The molecular formula is C31H39N3O4S. The molecule has 1 unspecified atom stereocenters.